The Morgan fingerprint density at radius 1 is 1.04 bits per heavy atom. The van der Waals surface area contributed by atoms with Crippen LogP contribution in [0.3, 0.4) is 0 Å². The maximum Gasteiger partial charge on any atom is 0.255 e. The zero-order valence-electron chi connectivity index (χ0n) is 15.5. The first kappa shape index (κ1) is 17.2. The summed E-state index contributed by atoms with van der Waals surface area (Å²) in [6, 6.07) is 7.56. The van der Waals surface area contributed by atoms with Crippen LogP contribution in [0.5, 0.6) is 0 Å². The standard InChI is InChI=1S/C21H22N4O3/c26-19-4-3-18(20(27)23-19)25-11-15-9-13(1-2-16(15)21(25)28)10-24-8-6-14-5-7-22-17(14)12-24/h1-2,5,7,9,18,22H,3-4,6,8,10-12H2,(H,23,26,27). The molecule has 3 aliphatic rings. The molecule has 0 bridgehead atoms. The van der Waals surface area contributed by atoms with Crippen LogP contribution in [0.4, 0.5) is 0 Å². The van der Waals surface area contributed by atoms with Gasteiger partial charge in [0.15, 0.2) is 0 Å². The summed E-state index contributed by atoms with van der Waals surface area (Å²) in [5, 5.41) is 2.34. The third-order valence-corrected chi connectivity index (χ3v) is 6.00. The normalized spacial score (nSPS) is 22.2. The molecule has 7 nitrogen and oxygen atoms in total. The molecule has 4 heterocycles. The molecular formula is C21H22N4O3. The van der Waals surface area contributed by atoms with E-state index in [-0.39, 0.29) is 24.1 Å². The summed E-state index contributed by atoms with van der Waals surface area (Å²) < 4.78 is 0. The number of H-pyrrole nitrogens is 1. The minimum Gasteiger partial charge on any atom is -0.364 e. The van der Waals surface area contributed by atoms with Crippen molar-refractivity contribution in [2.45, 2.75) is 44.9 Å². The average Bonchev–Trinajstić information content (AvgIpc) is 3.26. The predicted molar refractivity (Wildman–Crippen MR) is 101 cm³/mol. The quantitative estimate of drug-likeness (QED) is 0.789. The molecule has 0 aliphatic carbocycles. The zero-order valence-corrected chi connectivity index (χ0v) is 15.5. The lowest BCUT2D eigenvalue weighted by molar-refractivity contribution is -0.136. The summed E-state index contributed by atoms with van der Waals surface area (Å²) in [5.41, 5.74) is 5.48. The molecule has 2 aromatic rings. The third-order valence-electron chi connectivity index (χ3n) is 6.00. The highest BCUT2D eigenvalue weighted by atomic mass is 16.2. The Morgan fingerprint density at radius 3 is 2.79 bits per heavy atom. The van der Waals surface area contributed by atoms with Gasteiger partial charge < -0.3 is 9.88 Å². The van der Waals surface area contributed by atoms with Gasteiger partial charge in [0.05, 0.1) is 0 Å². The van der Waals surface area contributed by atoms with Crippen LogP contribution in [-0.2, 0) is 35.6 Å². The Labute approximate surface area is 162 Å². The molecule has 28 heavy (non-hydrogen) atoms. The van der Waals surface area contributed by atoms with Gasteiger partial charge >= 0.3 is 0 Å². The van der Waals surface area contributed by atoms with E-state index in [4.69, 9.17) is 0 Å². The Hall–Kier alpha value is -2.93. The number of piperidine rings is 1. The van der Waals surface area contributed by atoms with Gasteiger partial charge in [-0.1, -0.05) is 12.1 Å². The van der Waals surface area contributed by atoms with Gasteiger partial charge in [0.25, 0.3) is 5.91 Å². The van der Waals surface area contributed by atoms with Crippen LogP contribution in [0.2, 0.25) is 0 Å². The molecule has 3 amide bonds. The van der Waals surface area contributed by atoms with Gasteiger partial charge in [0.1, 0.15) is 6.04 Å². The van der Waals surface area contributed by atoms with E-state index in [0.29, 0.717) is 18.5 Å². The van der Waals surface area contributed by atoms with Gasteiger partial charge in [0.2, 0.25) is 11.8 Å². The van der Waals surface area contributed by atoms with Crippen molar-refractivity contribution in [3.05, 3.63) is 58.4 Å². The van der Waals surface area contributed by atoms with E-state index in [0.717, 1.165) is 31.6 Å². The number of benzene rings is 1. The number of amides is 3. The fourth-order valence-electron chi connectivity index (χ4n) is 4.52. The number of hydrogen-bond donors (Lipinski definition) is 2. The van der Waals surface area contributed by atoms with E-state index in [2.05, 4.69) is 27.3 Å². The van der Waals surface area contributed by atoms with E-state index in [1.54, 1.807) is 4.90 Å². The highest BCUT2D eigenvalue weighted by Crippen LogP contribution is 2.29. The lowest BCUT2D eigenvalue weighted by atomic mass is 10.0. The molecule has 2 N–H and O–H groups in total. The molecule has 5 rings (SSSR count). The van der Waals surface area contributed by atoms with Gasteiger partial charge in [-0.25, -0.2) is 0 Å². The monoisotopic (exact) mass is 378 g/mol. The molecule has 1 fully saturated rings. The van der Waals surface area contributed by atoms with Crippen LogP contribution in [0.1, 0.15) is 45.6 Å². The zero-order chi connectivity index (χ0) is 19.3. The molecule has 144 valence electrons. The molecule has 1 unspecified atom stereocenters. The summed E-state index contributed by atoms with van der Waals surface area (Å²) in [6.45, 7) is 3.18. The third kappa shape index (κ3) is 2.92. The Balaban J connectivity index is 1.31. The number of imide groups is 1. The largest absolute Gasteiger partial charge is 0.364 e. The van der Waals surface area contributed by atoms with Gasteiger partial charge in [-0.05, 0) is 41.7 Å². The number of carbonyl (C=O) groups is 3. The first-order valence-corrected chi connectivity index (χ1v) is 9.72. The van der Waals surface area contributed by atoms with Crippen molar-refractivity contribution in [3.63, 3.8) is 0 Å². The minimum absolute atomic E-state index is 0.120. The highest BCUT2D eigenvalue weighted by molar-refractivity contribution is 6.05. The first-order chi connectivity index (χ1) is 13.6. The van der Waals surface area contributed by atoms with Crippen molar-refractivity contribution in [2.75, 3.05) is 6.54 Å². The van der Waals surface area contributed by atoms with Crippen molar-refractivity contribution in [3.8, 4) is 0 Å². The minimum atomic E-state index is -0.561. The molecule has 1 aromatic heterocycles. The summed E-state index contributed by atoms with van der Waals surface area (Å²) in [4.78, 5) is 43.6. The van der Waals surface area contributed by atoms with Crippen molar-refractivity contribution >= 4 is 17.7 Å². The van der Waals surface area contributed by atoms with Gasteiger partial charge in [-0.15, -0.1) is 0 Å². The van der Waals surface area contributed by atoms with Crippen molar-refractivity contribution in [1.29, 1.82) is 0 Å². The summed E-state index contributed by atoms with van der Waals surface area (Å²) in [6.07, 6.45) is 3.71. The number of hydrogen-bond acceptors (Lipinski definition) is 4. The Kier molecular flexibility index (Phi) is 4.05. The van der Waals surface area contributed by atoms with E-state index < -0.39 is 6.04 Å². The van der Waals surface area contributed by atoms with E-state index >= 15 is 0 Å². The van der Waals surface area contributed by atoms with E-state index in [1.807, 2.05) is 18.3 Å². The van der Waals surface area contributed by atoms with Crippen LogP contribution < -0.4 is 5.32 Å². The molecular weight excluding hydrogens is 356 g/mol. The number of carbonyl (C=O) groups excluding carboxylic acids is 3. The summed E-state index contributed by atoms with van der Waals surface area (Å²) in [5.74, 6) is -0.753. The van der Waals surface area contributed by atoms with Crippen molar-refractivity contribution in [2.24, 2.45) is 0 Å². The molecule has 1 saturated heterocycles. The van der Waals surface area contributed by atoms with Crippen LogP contribution in [0, 0.1) is 0 Å². The van der Waals surface area contributed by atoms with Crippen molar-refractivity contribution < 1.29 is 14.4 Å². The highest BCUT2D eigenvalue weighted by Gasteiger charge is 2.39. The number of rotatable bonds is 3. The Morgan fingerprint density at radius 2 is 1.93 bits per heavy atom. The predicted octanol–water partition coefficient (Wildman–Crippen LogP) is 1.33. The number of fused-ring (bicyclic) bond motifs is 2. The van der Waals surface area contributed by atoms with Gasteiger partial charge in [0, 0.05) is 50.1 Å². The lowest BCUT2D eigenvalue weighted by Crippen LogP contribution is -2.52. The molecule has 0 spiro atoms. The second kappa shape index (κ2) is 6.60. The molecule has 0 radical (unpaired) electrons. The first-order valence-electron chi connectivity index (χ1n) is 9.72. The van der Waals surface area contributed by atoms with Crippen LogP contribution in [0.25, 0.3) is 0 Å². The number of nitrogens with one attached hydrogen (secondary N) is 2. The molecule has 0 saturated carbocycles. The van der Waals surface area contributed by atoms with Gasteiger partial charge in [-0.2, -0.15) is 0 Å². The van der Waals surface area contributed by atoms with Crippen molar-refractivity contribution in [1.82, 2.24) is 20.1 Å². The fraction of sp³-hybridized carbons (Fsp3) is 0.381. The SMILES string of the molecule is O=C1CCC(N2Cc3cc(CN4CCc5cc[nH]c5C4)ccc3C2=O)C(=O)N1. The second-order valence-corrected chi connectivity index (χ2v) is 7.83. The number of nitrogens with zero attached hydrogens (tertiary/aromatic N) is 2. The maximum absolute atomic E-state index is 12.8. The molecule has 7 heteroatoms. The second-order valence-electron chi connectivity index (χ2n) is 7.83. The fourth-order valence-corrected chi connectivity index (χ4v) is 4.52. The molecule has 1 atom stereocenters. The van der Waals surface area contributed by atoms with Crippen LogP contribution in [-0.4, -0.2) is 45.1 Å². The molecule has 1 aromatic carbocycles. The Bertz CT molecular complexity index is 980. The van der Waals surface area contributed by atoms with Gasteiger partial charge in [-0.3, -0.25) is 24.6 Å². The smallest absolute Gasteiger partial charge is 0.255 e. The maximum atomic E-state index is 12.8. The lowest BCUT2D eigenvalue weighted by Gasteiger charge is -2.29. The topological polar surface area (TPSA) is 85.5 Å². The average molecular weight is 378 g/mol. The van der Waals surface area contributed by atoms with Crippen LogP contribution >= 0.6 is 0 Å². The van der Waals surface area contributed by atoms with Crippen LogP contribution in [0.15, 0.2) is 30.5 Å². The van der Waals surface area contributed by atoms with E-state index in [1.165, 1.54) is 16.8 Å². The number of aromatic nitrogens is 1. The summed E-state index contributed by atoms with van der Waals surface area (Å²) in [7, 11) is 0. The van der Waals surface area contributed by atoms with E-state index in [9.17, 15) is 14.4 Å². The molecule has 3 aliphatic heterocycles. The summed E-state index contributed by atoms with van der Waals surface area (Å²) >= 11 is 0. The number of aromatic amines is 1.